The summed E-state index contributed by atoms with van der Waals surface area (Å²) in [6.45, 7) is 0. The summed E-state index contributed by atoms with van der Waals surface area (Å²) in [6.07, 6.45) is 1.91. The van der Waals surface area contributed by atoms with Gasteiger partial charge in [-0.3, -0.25) is 0 Å². The third-order valence-corrected chi connectivity index (χ3v) is 5.72. The summed E-state index contributed by atoms with van der Waals surface area (Å²) in [7, 11) is -4.14. The van der Waals surface area contributed by atoms with E-state index >= 15 is 0 Å². The number of nitrogens with zero attached hydrogens (tertiary/aromatic N) is 1. The fraction of sp³-hybridized carbons (Fsp3) is 0.471. The lowest BCUT2D eigenvalue weighted by molar-refractivity contribution is 0.112. The van der Waals surface area contributed by atoms with Crippen molar-refractivity contribution in [2.45, 2.75) is 49.3 Å². The molecule has 0 atom stereocenters. The van der Waals surface area contributed by atoms with Gasteiger partial charge < -0.3 is 4.52 Å². The molecule has 0 N–H and O–H groups in total. The third kappa shape index (κ3) is 3.49. The highest BCUT2D eigenvalue weighted by Crippen LogP contribution is 2.42. The molecular formula is C17H17F4NO3S. The molecule has 1 aliphatic carbocycles. The Morgan fingerprint density at radius 2 is 1.69 bits per heavy atom. The summed E-state index contributed by atoms with van der Waals surface area (Å²) in [4.78, 5) is -1.09. The number of rotatable bonds is 4. The summed E-state index contributed by atoms with van der Waals surface area (Å²) in [6, 6.07) is 1.48. The molecule has 0 amide bonds. The van der Waals surface area contributed by atoms with Gasteiger partial charge in [0, 0.05) is 12.2 Å². The molecule has 1 aromatic heterocycles. The Labute approximate surface area is 148 Å². The van der Waals surface area contributed by atoms with Gasteiger partial charge in [0.2, 0.25) is 5.76 Å². The minimum atomic E-state index is -4.14. The highest BCUT2D eigenvalue weighted by atomic mass is 32.2. The van der Waals surface area contributed by atoms with Crippen LogP contribution in [-0.2, 0) is 9.84 Å². The van der Waals surface area contributed by atoms with Gasteiger partial charge in [-0.15, -0.1) is 0 Å². The molecular weight excluding hydrogens is 374 g/mol. The van der Waals surface area contributed by atoms with E-state index in [9.17, 15) is 26.0 Å². The van der Waals surface area contributed by atoms with Crippen LogP contribution in [0.25, 0.3) is 11.1 Å². The number of alkyl halides is 2. The number of hydrogen-bond acceptors (Lipinski definition) is 4. The average Bonchev–Trinajstić information content (AvgIpc) is 2.98. The first-order chi connectivity index (χ1) is 12.2. The maximum absolute atomic E-state index is 14.2. The van der Waals surface area contributed by atoms with Gasteiger partial charge in [0.25, 0.3) is 6.43 Å². The van der Waals surface area contributed by atoms with Gasteiger partial charge in [-0.25, -0.2) is 26.0 Å². The topological polar surface area (TPSA) is 60.2 Å². The van der Waals surface area contributed by atoms with E-state index in [1.54, 1.807) is 0 Å². The van der Waals surface area contributed by atoms with Crippen LogP contribution < -0.4 is 0 Å². The Bertz CT molecular complexity index is 895. The second-order valence-corrected chi connectivity index (χ2v) is 8.44. The molecule has 3 rings (SSSR count). The maximum Gasteiger partial charge on any atom is 0.298 e. The molecule has 4 nitrogen and oxygen atoms in total. The second kappa shape index (κ2) is 7.02. The Morgan fingerprint density at radius 3 is 2.19 bits per heavy atom. The van der Waals surface area contributed by atoms with Gasteiger partial charge in [0.05, 0.1) is 11.3 Å². The Kier molecular flexibility index (Phi) is 5.09. The van der Waals surface area contributed by atoms with Crippen LogP contribution in [0.5, 0.6) is 0 Å². The van der Waals surface area contributed by atoms with E-state index in [-0.39, 0.29) is 22.7 Å². The number of aromatic nitrogens is 1. The van der Waals surface area contributed by atoms with Crippen LogP contribution in [0.3, 0.4) is 0 Å². The van der Waals surface area contributed by atoms with Crippen molar-refractivity contribution in [1.82, 2.24) is 5.16 Å². The lowest BCUT2D eigenvalue weighted by Gasteiger charge is -2.20. The minimum absolute atomic E-state index is 0.143. The molecule has 1 aromatic carbocycles. The van der Waals surface area contributed by atoms with Crippen LogP contribution in [-0.4, -0.2) is 19.8 Å². The fourth-order valence-electron chi connectivity index (χ4n) is 3.47. The Balaban J connectivity index is 2.18. The van der Waals surface area contributed by atoms with E-state index in [1.165, 1.54) is 0 Å². The van der Waals surface area contributed by atoms with E-state index in [0.717, 1.165) is 31.4 Å². The molecule has 0 unspecified atom stereocenters. The molecule has 0 saturated heterocycles. The summed E-state index contributed by atoms with van der Waals surface area (Å²) in [5, 5.41) is 3.75. The molecule has 1 fully saturated rings. The van der Waals surface area contributed by atoms with Crippen molar-refractivity contribution in [3.05, 3.63) is 35.2 Å². The Hall–Kier alpha value is -1.90. The van der Waals surface area contributed by atoms with E-state index in [2.05, 4.69) is 5.16 Å². The molecule has 1 heterocycles. The van der Waals surface area contributed by atoms with E-state index in [1.807, 2.05) is 0 Å². The van der Waals surface area contributed by atoms with Crippen LogP contribution in [0, 0.1) is 11.6 Å². The highest BCUT2D eigenvalue weighted by Gasteiger charge is 2.31. The summed E-state index contributed by atoms with van der Waals surface area (Å²) in [5.74, 6) is -3.58. The second-order valence-electron chi connectivity index (χ2n) is 6.48. The van der Waals surface area contributed by atoms with Crippen molar-refractivity contribution in [3.63, 3.8) is 0 Å². The van der Waals surface area contributed by atoms with Gasteiger partial charge >= 0.3 is 0 Å². The quantitative estimate of drug-likeness (QED) is 0.688. The third-order valence-electron chi connectivity index (χ3n) is 4.59. The summed E-state index contributed by atoms with van der Waals surface area (Å²) in [5.41, 5.74) is -0.111. The number of sulfone groups is 1. The molecule has 26 heavy (non-hydrogen) atoms. The van der Waals surface area contributed by atoms with Crippen molar-refractivity contribution in [1.29, 1.82) is 0 Å². The first-order valence-electron chi connectivity index (χ1n) is 8.17. The van der Waals surface area contributed by atoms with Crippen LogP contribution >= 0.6 is 0 Å². The SMILES string of the molecule is CS(=O)(=O)c1c(F)cc(-c2c(C3CCCCC3)noc2C(F)F)cc1F. The van der Waals surface area contributed by atoms with Gasteiger partial charge in [-0.2, -0.15) is 0 Å². The van der Waals surface area contributed by atoms with Crippen molar-refractivity contribution in [3.8, 4) is 11.1 Å². The molecule has 2 aromatic rings. The maximum atomic E-state index is 14.2. The standard InChI is InChI=1S/C17H17F4NO3S/c1-26(23,24)16-11(18)7-10(8-12(16)19)13-14(9-5-3-2-4-6-9)22-25-15(13)17(20)21/h7-9,17H,2-6H2,1H3. The van der Waals surface area contributed by atoms with E-state index < -0.39 is 38.6 Å². The van der Waals surface area contributed by atoms with Gasteiger partial charge in [-0.1, -0.05) is 24.4 Å². The van der Waals surface area contributed by atoms with Crippen LogP contribution in [0.2, 0.25) is 0 Å². The Morgan fingerprint density at radius 1 is 1.12 bits per heavy atom. The van der Waals surface area contributed by atoms with Crippen molar-refractivity contribution in [2.75, 3.05) is 6.26 Å². The monoisotopic (exact) mass is 391 g/mol. The number of benzene rings is 1. The molecule has 0 bridgehead atoms. The molecule has 0 aliphatic heterocycles. The molecule has 9 heteroatoms. The summed E-state index contributed by atoms with van der Waals surface area (Å²) < 4.78 is 83.0. The zero-order valence-corrected chi connectivity index (χ0v) is 14.8. The van der Waals surface area contributed by atoms with Gasteiger partial charge in [0.1, 0.15) is 16.5 Å². The predicted molar refractivity (Wildman–Crippen MR) is 85.7 cm³/mol. The molecule has 142 valence electrons. The first kappa shape index (κ1) is 18.9. The summed E-state index contributed by atoms with van der Waals surface area (Å²) >= 11 is 0. The van der Waals surface area contributed by atoms with Crippen LogP contribution in [0.4, 0.5) is 17.6 Å². The lowest BCUT2D eigenvalue weighted by Crippen LogP contribution is -2.08. The molecule has 1 aliphatic rings. The molecule has 0 radical (unpaired) electrons. The number of hydrogen-bond donors (Lipinski definition) is 0. The minimum Gasteiger partial charge on any atom is -0.354 e. The molecule has 1 saturated carbocycles. The van der Waals surface area contributed by atoms with Crippen LogP contribution in [0.1, 0.15) is 55.9 Å². The molecule has 0 spiro atoms. The van der Waals surface area contributed by atoms with E-state index in [4.69, 9.17) is 4.52 Å². The number of halogens is 4. The lowest BCUT2D eigenvalue weighted by atomic mass is 9.84. The largest absolute Gasteiger partial charge is 0.354 e. The smallest absolute Gasteiger partial charge is 0.298 e. The van der Waals surface area contributed by atoms with Crippen molar-refractivity contribution < 1.29 is 30.5 Å². The highest BCUT2D eigenvalue weighted by molar-refractivity contribution is 7.90. The van der Waals surface area contributed by atoms with Crippen molar-refractivity contribution in [2.24, 2.45) is 0 Å². The zero-order valence-electron chi connectivity index (χ0n) is 13.9. The zero-order chi connectivity index (χ0) is 19.1. The van der Waals surface area contributed by atoms with Gasteiger partial charge in [0.15, 0.2) is 9.84 Å². The predicted octanol–water partition coefficient (Wildman–Crippen LogP) is 5.01. The average molecular weight is 391 g/mol. The first-order valence-corrected chi connectivity index (χ1v) is 10.1. The van der Waals surface area contributed by atoms with Crippen molar-refractivity contribution >= 4 is 9.84 Å². The normalized spacial score (nSPS) is 16.4. The fourth-order valence-corrected chi connectivity index (χ4v) is 4.29. The van der Waals surface area contributed by atoms with E-state index in [0.29, 0.717) is 19.1 Å². The van der Waals surface area contributed by atoms with Gasteiger partial charge in [-0.05, 0) is 30.5 Å². The van der Waals surface area contributed by atoms with Crippen LogP contribution in [0.15, 0.2) is 21.6 Å².